The van der Waals surface area contributed by atoms with E-state index >= 15 is 0 Å². The zero-order valence-corrected chi connectivity index (χ0v) is 14.8. The van der Waals surface area contributed by atoms with Gasteiger partial charge in [-0.25, -0.2) is 4.39 Å². The Kier molecular flexibility index (Phi) is 4.16. The molecule has 0 aromatic heterocycles. The maximum absolute atomic E-state index is 14.2. The molecule has 2 rings (SSSR count). The minimum absolute atomic E-state index is 0.288. The van der Waals surface area contributed by atoms with Crippen LogP contribution >= 0.6 is 7.49 Å². The largest absolute Gasteiger partial charge is 0.494 e. The molecule has 0 bridgehead atoms. The third-order valence-corrected chi connectivity index (χ3v) is 4.60. The van der Waals surface area contributed by atoms with E-state index in [1.165, 1.54) is 6.07 Å². The van der Waals surface area contributed by atoms with Gasteiger partial charge in [0.25, 0.3) is 0 Å². The van der Waals surface area contributed by atoms with Crippen LogP contribution in [0.3, 0.4) is 0 Å². The van der Waals surface area contributed by atoms with Gasteiger partial charge in [0.2, 0.25) is 5.75 Å². The highest BCUT2D eigenvalue weighted by molar-refractivity contribution is 7.69. The summed E-state index contributed by atoms with van der Waals surface area (Å²) in [6.45, 7) is 13.9. The summed E-state index contributed by atoms with van der Waals surface area (Å²) in [6, 6.07) is 4.89. The second kappa shape index (κ2) is 5.22. The van der Waals surface area contributed by atoms with Crippen molar-refractivity contribution in [2.45, 2.75) is 38.9 Å². The maximum atomic E-state index is 14.2. The Hall–Kier alpha value is -0.635. The van der Waals surface area contributed by atoms with Crippen molar-refractivity contribution in [1.82, 2.24) is 0 Å². The molecule has 1 fully saturated rings. The molecule has 0 saturated carbocycles. The lowest BCUT2D eigenvalue weighted by molar-refractivity contribution is 0.00578. The minimum atomic E-state index is -1.55. The van der Waals surface area contributed by atoms with E-state index in [1.54, 1.807) is 12.1 Å². The summed E-state index contributed by atoms with van der Waals surface area (Å²) in [6.07, 6.45) is 0. The summed E-state index contributed by atoms with van der Waals surface area (Å²) >= 11 is 0. The van der Waals surface area contributed by atoms with Crippen molar-refractivity contribution >= 4 is 20.1 Å². The minimum Gasteiger partial charge on any atom is -0.399 e. The number of benzene rings is 1. The zero-order chi connectivity index (χ0) is 16.1. The maximum Gasteiger partial charge on any atom is 0.494 e. The van der Waals surface area contributed by atoms with Crippen LogP contribution in [0.2, 0.25) is 0 Å². The SMILES string of the molecule is CC1(C)OB(c2ccc(O[P+](C)(C)C)c(F)c2)OC1(C)C. The van der Waals surface area contributed by atoms with Crippen molar-refractivity contribution in [1.29, 1.82) is 0 Å². The highest BCUT2D eigenvalue weighted by Crippen LogP contribution is 2.48. The Morgan fingerprint density at radius 2 is 1.57 bits per heavy atom. The first-order valence-corrected chi connectivity index (χ1v) is 10.1. The number of hydrogen-bond acceptors (Lipinski definition) is 3. The van der Waals surface area contributed by atoms with Gasteiger partial charge in [0.05, 0.1) is 31.2 Å². The molecule has 1 aromatic rings. The number of hydrogen-bond donors (Lipinski definition) is 0. The van der Waals surface area contributed by atoms with Crippen LogP contribution < -0.4 is 9.99 Å². The molecular formula is C15H24BFO3P+. The van der Waals surface area contributed by atoms with Gasteiger partial charge in [0.15, 0.2) is 13.3 Å². The van der Waals surface area contributed by atoms with E-state index in [0.717, 1.165) is 0 Å². The fourth-order valence-electron chi connectivity index (χ4n) is 2.01. The topological polar surface area (TPSA) is 27.7 Å². The fraction of sp³-hybridized carbons (Fsp3) is 0.600. The van der Waals surface area contributed by atoms with Gasteiger partial charge in [0, 0.05) is 0 Å². The molecule has 0 amide bonds. The third-order valence-electron chi connectivity index (χ3n) is 3.85. The molecule has 1 heterocycles. The van der Waals surface area contributed by atoms with Crippen LogP contribution in [0.4, 0.5) is 4.39 Å². The summed E-state index contributed by atoms with van der Waals surface area (Å²) in [7, 11) is -2.10. The van der Waals surface area contributed by atoms with Gasteiger partial charge in [-0.05, 0) is 45.3 Å². The summed E-state index contributed by atoms with van der Waals surface area (Å²) in [5.74, 6) is -0.0896. The van der Waals surface area contributed by atoms with Crippen LogP contribution in [0.1, 0.15) is 27.7 Å². The van der Waals surface area contributed by atoms with Crippen LogP contribution in [-0.4, -0.2) is 38.3 Å². The third kappa shape index (κ3) is 3.58. The predicted molar refractivity (Wildman–Crippen MR) is 87.4 cm³/mol. The van der Waals surface area contributed by atoms with Gasteiger partial charge in [-0.2, -0.15) is 0 Å². The molecule has 0 atom stereocenters. The molecule has 0 N–H and O–H groups in total. The highest BCUT2D eigenvalue weighted by Gasteiger charge is 2.51. The molecule has 1 aliphatic rings. The highest BCUT2D eigenvalue weighted by atomic mass is 31.2. The smallest absolute Gasteiger partial charge is 0.399 e. The zero-order valence-electron chi connectivity index (χ0n) is 13.9. The summed E-state index contributed by atoms with van der Waals surface area (Å²) in [5.41, 5.74) is -0.189. The van der Waals surface area contributed by atoms with Crippen LogP contribution in [0.5, 0.6) is 5.75 Å². The van der Waals surface area contributed by atoms with E-state index in [0.29, 0.717) is 5.46 Å². The number of rotatable bonds is 3. The standard InChI is InChI=1S/C15H24BFO3P/c1-14(2)15(3,4)20-16(19-14)11-8-9-13(12(17)10-11)18-21(5,6)7/h8-10H,1-7H3/q+1. The summed E-state index contributed by atoms with van der Waals surface area (Å²) < 4.78 is 31.7. The second-order valence-corrected chi connectivity index (χ2v) is 11.2. The van der Waals surface area contributed by atoms with Gasteiger partial charge < -0.3 is 13.8 Å². The van der Waals surface area contributed by atoms with E-state index < -0.39 is 25.8 Å². The summed E-state index contributed by atoms with van der Waals surface area (Å²) in [4.78, 5) is 0. The molecule has 3 nitrogen and oxygen atoms in total. The molecule has 21 heavy (non-hydrogen) atoms. The Bertz CT molecular complexity index is 524. The Balaban J connectivity index is 2.22. The summed E-state index contributed by atoms with van der Waals surface area (Å²) in [5, 5.41) is 0. The Labute approximate surface area is 127 Å². The predicted octanol–water partition coefficient (Wildman–Crippen LogP) is 3.33. The molecule has 6 heteroatoms. The molecule has 1 aromatic carbocycles. The fourth-order valence-corrected chi connectivity index (χ4v) is 2.75. The van der Waals surface area contributed by atoms with E-state index in [-0.39, 0.29) is 11.6 Å². The first-order valence-electron chi connectivity index (χ1n) is 7.07. The lowest BCUT2D eigenvalue weighted by Crippen LogP contribution is -2.41. The van der Waals surface area contributed by atoms with Crippen molar-refractivity contribution < 1.29 is 18.2 Å². The first kappa shape index (κ1) is 16.7. The Morgan fingerprint density at radius 1 is 1.05 bits per heavy atom. The van der Waals surface area contributed by atoms with Gasteiger partial charge in [0.1, 0.15) is 0 Å². The second-order valence-electron chi connectivity index (χ2n) is 7.26. The molecule has 0 unspecified atom stereocenters. The van der Waals surface area contributed by atoms with Crippen molar-refractivity contribution in [3.8, 4) is 5.75 Å². The average molecular weight is 313 g/mol. The van der Waals surface area contributed by atoms with Crippen LogP contribution in [0, 0.1) is 5.82 Å². The van der Waals surface area contributed by atoms with Gasteiger partial charge in [-0.1, -0.05) is 6.07 Å². The van der Waals surface area contributed by atoms with Crippen LogP contribution in [-0.2, 0) is 9.31 Å². The monoisotopic (exact) mass is 313 g/mol. The van der Waals surface area contributed by atoms with Crippen molar-refractivity contribution in [2.75, 3.05) is 20.0 Å². The van der Waals surface area contributed by atoms with Crippen LogP contribution in [0.15, 0.2) is 18.2 Å². The van der Waals surface area contributed by atoms with Crippen molar-refractivity contribution in [3.63, 3.8) is 0 Å². The normalized spacial score (nSPS) is 20.7. The molecule has 116 valence electrons. The van der Waals surface area contributed by atoms with E-state index in [4.69, 9.17) is 13.8 Å². The van der Waals surface area contributed by atoms with E-state index in [9.17, 15) is 4.39 Å². The van der Waals surface area contributed by atoms with Crippen molar-refractivity contribution in [3.05, 3.63) is 24.0 Å². The first-order chi connectivity index (χ1) is 9.41. The Morgan fingerprint density at radius 3 is 2.00 bits per heavy atom. The van der Waals surface area contributed by atoms with Crippen molar-refractivity contribution in [2.24, 2.45) is 0 Å². The average Bonchev–Trinajstić information content (AvgIpc) is 2.49. The molecule has 1 aliphatic heterocycles. The molecule has 1 saturated heterocycles. The van der Waals surface area contributed by atoms with Gasteiger partial charge in [-0.3, -0.25) is 0 Å². The molecule has 0 radical (unpaired) electrons. The molecule has 0 aliphatic carbocycles. The van der Waals surface area contributed by atoms with Gasteiger partial charge in [-0.15, -0.1) is 0 Å². The van der Waals surface area contributed by atoms with Crippen LogP contribution in [0.25, 0.3) is 0 Å². The lowest BCUT2D eigenvalue weighted by atomic mass is 9.79. The quantitative estimate of drug-likeness (QED) is 0.633. The number of halogens is 1. The van der Waals surface area contributed by atoms with E-state index in [1.807, 2.05) is 47.7 Å². The molecule has 0 spiro atoms. The lowest BCUT2D eigenvalue weighted by Gasteiger charge is -2.32. The van der Waals surface area contributed by atoms with Gasteiger partial charge >= 0.3 is 7.12 Å². The van der Waals surface area contributed by atoms with E-state index in [2.05, 4.69) is 0 Å². The molecular weight excluding hydrogens is 289 g/mol.